The van der Waals surface area contributed by atoms with Gasteiger partial charge in [0.1, 0.15) is 11.5 Å². The fraction of sp³-hybridized carbons (Fsp3) is 0.250. The molecule has 0 aliphatic rings. The maximum Gasteiger partial charge on any atom is 0.252 e. The zero-order valence-electron chi connectivity index (χ0n) is 18.2. The molecule has 5 rings (SSSR count). The van der Waals surface area contributed by atoms with E-state index in [4.69, 9.17) is 14.4 Å². The van der Waals surface area contributed by atoms with Crippen molar-refractivity contribution < 1.29 is 9.21 Å². The summed E-state index contributed by atoms with van der Waals surface area (Å²) in [5, 5.41) is 8.20. The lowest BCUT2D eigenvalue weighted by molar-refractivity contribution is 0.0951. The number of imidazole rings is 1. The SMILES string of the molecule is CCn1c(CNC(=O)c2cc(-c3ccco3)nc3c2cnn3C(C)C)nc2ccccc21. The van der Waals surface area contributed by atoms with E-state index in [1.54, 1.807) is 24.6 Å². The van der Waals surface area contributed by atoms with Crippen LogP contribution in [-0.4, -0.2) is 30.2 Å². The summed E-state index contributed by atoms with van der Waals surface area (Å²) in [5.41, 5.74) is 3.73. The van der Waals surface area contributed by atoms with Crippen molar-refractivity contribution >= 4 is 28.0 Å². The number of nitrogens with one attached hydrogen (secondary N) is 1. The Morgan fingerprint density at radius 1 is 1.16 bits per heavy atom. The molecule has 0 saturated carbocycles. The number of furan rings is 1. The molecule has 8 heteroatoms. The maximum absolute atomic E-state index is 13.3. The van der Waals surface area contributed by atoms with Gasteiger partial charge in [0.15, 0.2) is 11.4 Å². The second kappa shape index (κ2) is 7.96. The number of rotatable bonds is 6. The number of aryl methyl sites for hydroxylation is 1. The minimum absolute atomic E-state index is 0.104. The normalized spacial score (nSPS) is 11.6. The van der Waals surface area contributed by atoms with E-state index in [0.717, 1.165) is 23.4 Å². The highest BCUT2D eigenvalue weighted by molar-refractivity contribution is 6.06. The van der Waals surface area contributed by atoms with Crippen molar-refractivity contribution in [1.82, 2.24) is 29.6 Å². The third kappa shape index (κ3) is 3.33. The second-order valence-corrected chi connectivity index (χ2v) is 7.90. The molecule has 0 aliphatic heterocycles. The first-order valence-corrected chi connectivity index (χ1v) is 10.7. The largest absolute Gasteiger partial charge is 0.463 e. The highest BCUT2D eigenvalue weighted by atomic mass is 16.3. The molecular formula is C24H24N6O2. The molecule has 4 heterocycles. The fourth-order valence-corrected chi connectivity index (χ4v) is 4.00. The molecule has 1 amide bonds. The van der Waals surface area contributed by atoms with Crippen molar-refractivity contribution in [3.05, 3.63) is 66.3 Å². The lowest BCUT2D eigenvalue weighted by Crippen LogP contribution is -2.25. The van der Waals surface area contributed by atoms with E-state index in [1.807, 2.05) is 48.9 Å². The van der Waals surface area contributed by atoms with Crippen LogP contribution in [-0.2, 0) is 13.1 Å². The van der Waals surface area contributed by atoms with E-state index in [1.165, 1.54) is 0 Å². The van der Waals surface area contributed by atoms with Gasteiger partial charge in [0.25, 0.3) is 5.91 Å². The van der Waals surface area contributed by atoms with E-state index in [9.17, 15) is 4.79 Å². The average molecular weight is 428 g/mol. The number of nitrogens with zero attached hydrogens (tertiary/aromatic N) is 5. The molecule has 1 aromatic carbocycles. The van der Waals surface area contributed by atoms with Crippen LogP contribution in [0.4, 0.5) is 0 Å². The molecule has 5 aromatic rings. The minimum atomic E-state index is -0.205. The van der Waals surface area contributed by atoms with Crippen LogP contribution < -0.4 is 5.32 Å². The van der Waals surface area contributed by atoms with Crippen LogP contribution >= 0.6 is 0 Å². The molecular weight excluding hydrogens is 404 g/mol. The Morgan fingerprint density at radius 3 is 2.75 bits per heavy atom. The molecule has 0 bridgehead atoms. The average Bonchev–Trinajstić information content (AvgIpc) is 3.54. The number of fused-ring (bicyclic) bond motifs is 2. The van der Waals surface area contributed by atoms with Gasteiger partial charge < -0.3 is 14.3 Å². The standard InChI is InChI=1S/C24H24N6O2/c1-4-29-20-9-6-5-8-18(20)27-22(29)14-25-24(31)16-12-19(21-10-7-11-32-21)28-23-17(16)13-26-30(23)15(2)3/h5-13,15H,4,14H2,1-3H3,(H,25,31). The molecule has 32 heavy (non-hydrogen) atoms. The summed E-state index contributed by atoms with van der Waals surface area (Å²) in [7, 11) is 0. The molecule has 162 valence electrons. The molecule has 0 fully saturated rings. The van der Waals surface area contributed by atoms with Crippen molar-refractivity contribution in [3.8, 4) is 11.5 Å². The van der Waals surface area contributed by atoms with Gasteiger partial charge in [0.2, 0.25) is 0 Å². The van der Waals surface area contributed by atoms with Crippen molar-refractivity contribution in [1.29, 1.82) is 0 Å². The van der Waals surface area contributed by atoms with Crippen LogP contribution in [0.3, 0.4) is 0 Å². The van der Waals surface area contributed by atoms with E-state index in [0.29, 0.717) is 34.6 Å². The van der Waals surface area contributed by atoms with E-state index in [-0.39, 0.29) is 11.9 Å². The Balaban J connectivity index is 1.52. The first-order chi connectivity index (χ1) is 15.6. The van der Waals surface area contributed by atoms with Gasteiger partial charge in [-0.1, -0.05) is 12.1 Å². The van der Waals surface area contributed by atoms with Crippen molar-refractivity contribution in [2.45, 2.75) is 39.9 Å². The molecule has 0 aliphatic carbocycles. The number of aromatic nitrogens is 5. The Labute approximate surface area is 184 Å². The first kappa shape index (κ1) is 20.0. The maximum atomic E-state index is 13.3. The number of carbonyl (C=O) groups excluding carboxylic acids is 1. The minimum Gasteiger partial charge on any atom is -0.463 e. The molecule has 4 aromatic heterocycles. The number of hydrogen-bond acceptors (Lipinski definition) is 5. The van der Waals surface area contributed by atoms with Crippen molar-refractivity contribution in [2.24, 2.45) is 0 Å². The third-order valence-corrected chi connectivity index (χ3v) is 5.53. The molecule has 0 unspecified atom stereocenters. The third-order valence-electron chi connectivity index (χ3n) is 5.53. The second-order valence-electron chi connectivity index (χ2n) is 7.90. The summed E-state index contributed by atoms with van der Waals surface area (Å²) in [6.07, 6.45) is 3.29. The molecule has 0 saturated heterocycles. The van der Waals surface area contributed by atoms with Crippen LogP contribution in [0, 0.1) is 0 Å². The van der Waals surface area contributed by atoms with Gasteiger partial charge in [-0.3, -0.25) is 4.79 Å². The molecule has 0 atom stereocenters. The first-order valence-electron chi connectivity index (χ1n) is 10.7. The topological polar surface area (TPSA) is 90.8 Å². The number of pyridine rings is 1. The smallest absolute Gasteiger partial charge is 0.252 e. The molecule has 0 radical (unpaired) electrons. The molecule has 0 spiro atoms. The van der Waals surface area contributed by atoms with Gasteiger partial charge >= 0.3 is 0 Å². The van der Waals surface area contributed by atoms with Crippen LogP contribution in [0.5, 0.6) is 0 Å². The van der Waals surface area contributed by atoms with Crippen LogP contribution in [0.1, 0.15) is 43.0 Å². The Bertz CT molecular complexity index is 1410. The predicted octanol–water partition coefficient (Wildman–Crippen LogP) is 4.57. The van der Waals surface area contributed by atoms with Crippen LogP contribution in [0.2, 0.25) is 0 Å². The summed E-state index contributed by atoms with van der Waals surface area (Å²) in [6, 6.07) is 13.5. The number of benzene rings is 1. The Kier molecular flexibility index (Phi) is 4.97. The Hall–Kier alpha value is -3.94. The van der Waals surface area contributed by atoms with Crippen molar-refractivity contribution in [3.63, 3.8) is 0 Å². The fourth-order valence-electron chi connectivity index (χ4n) is 4.00. The summed E-state index contributed by atoms with van der Waals surface area (Å²) in [4.78, 5) is 22.7. The highest BCUT2D eigenvalue weighted by Gasteiger charge is 2.20. The number of hydrogen-bond donors (Lipinski definition) is 1. The summed E-state index contributed by atoms with van der Waals surface area (Å²) >= 11 is 0. The van der Waals surface area contributed by atoms with Gasteiger partial charge in [-0.25, -0.2) is 14.6 Å². The van der Waals surface area contributed by atoms with E-state index in [2.05, 4.69) is 21.9 Å². The van der Waals surface area contributed by atoms with Gasteiger partial charge in [-0.15, -0.1) is 0 Å². The van der Waals surface area contributed by atoms with Gasteiger partial charge in [0, 0.05) is 12.6 Å². The van der Waals surface area contributed by atoms with Crippen LogP contribution in [0.15, 0.2) is 59.3 Å². The van der Waals surface area contributed by atoms with Crippen molar-refractivity contribution in [2.75, 3.05) is 0 Å². The number of para-hydroxylation sites is 2. The molecule has 8 nitrogen and oxygen atoms in total. The summed E-state index contributed by atoms with van der Waals surface area (Å²) in [6.45, 7) is 7.22. The zero-order chi connectivity index (χ0) is 22.2. The summed E-state index contributed by atoms with van der Waals surface area (Å²) in [5.74, 6) is 1.21. The van der Waals surface area contributed by atoms with Gasteiger partial charge in [-0.2, -0.15) is 5.10 Å². The lowest BCUT2D eigenvalue weighted by Gasteiger charge is -2.11. The highest BCUT2D eigenvalue weighted by Crippen LogP contribution is 2.27. The Morgan fingerprint density at radius 2 is 2.00 bits per heavy atom. The predicted molar refractivity (Wildman–Crippen MR) is 122 cm³/mol. The van der Waals surface area contributed by atoms with E-state index < -0.39 is 0 Å². The lowest BCUT2D eigenvalue weighted by atomic mass is 10.1. The van der Waals surface area contributed by atoms with Gasteiger partial charge in [0.05, 0.1) is 41.0 Å². The number of carbonyl (C=O) groups is 1. The monoisotopic (exact) mass is 428 g/mol. The summed E-state index contributed by atoms with van der Waals surface area (Å²) < 4.78 is 9.46. The van der Waals surface area contributed by atoms with E-state index >= 15 is 0 Å². The zero-order valence-corrected chi connectivity index (χ0v) is 18.2. The van der Waals surface area contributed by atoms with Gasteiger partial charge in [-0.05, 0) is 51.1 Å². The molecule has 1 N–H and O–H groups in total. The quantitative estimate of drug-likeness (QED) is 0.428. The number of amides is 1. The van der Waals surface area contributed by atoms with Crippen LogP contribution in [0.25, 0.3) is 33.5 Å².